The van der Waals surface area contributed by atoms with Gasteiger partial charge >= 0.3 is 11.4 Å². The molecule has 0 radical (unpaired) electrons. The number of nitrogens with one attached hydrogen (secondary N) is 2. The summed E-state index contributed by atoms with van der Waals surface area (Å²) in [5.41, 5.74) is -1.98. The van der Waals surface area contributed by atoms with Crippen LogP contribution in [0.1, 0.15) is 76.1 Å². The van der Waals surface area contributed by atoms with Crippen molar-refractivity contribution in [2.24, 2.45) is 0 Å². The Balaban J connectivity index is 1.20. The molecule has 386 valence electrons. The summed E-state index contributed by atoms with van der Waals surface area (Å²) in [4.78, 5) is 55.0. The highest BCUT2D eigenvalue weighted by Gasteiger charge is 2.51. The van der Waals surface area contributed by atoms with E-state index in [1.807, 2.05) is 107 Å². The molecule has 0 bridgehead atoms. The van der Waals surface area contributed by atoms with Crippen LogP contribution in [0.5, 0.6) is 11.5 Å². The van der Waals surface area contributed by atoms with Crippen molar-refractivity contribution in [3.63, 3.8) is 0 Å². The van der Waals surface area contributed by atoms with Gasteiger partial charge < -0.3 is 42.2 Å². The first-order valence-electron chi connectivity index (χ1n) is 23.7. The fourth-order valence-corrected chi connectivity index (χ4v) is 11.0. The van der Waals surface area contributed by atoms with Gasteiger partial charge in [0.1, 0.15) is 41.5 Å². The molecule has 72 heavy (non-hydrogen) atoms. The summed E-state index contributed by atoms with van der Waals surface area (Å²) < 4.78 is 78.0. The van der Waals surface area contributed by atoms with Crippen LogP contribution in [0, 0.1) is 11.3 Å². The van der Waals surface area contributed by atoms with Gasteiger partial charge in [-0.2, -0.15) is 5.26 Å². The third-order valence-corrected chi connectivity index (χ3v) is 14.7. The number of hydrogen-bond acceptors (Lipinski definition) is 15. The van der Waals surface area contributed by atoms with Gasteiger partial charge in [0.15, 0.2) is 18.6 Å². The monoisotopic (exact) mass is 1020 g/mol. The van der Waals surface area contributed by atoms with Gasteiger partial charge in [-0.1, -0.05) is 54.6 Å². The molecule has 2 aliphatic rings. The highest BCUT2D eigenvalue weighted by atomic mass is 31.2. The second-order valence-electron chi connectivity index (χ2n) is 17.7. The zero-order chi connectivity index (χ0) is 51.5. The number of aromatic amines is 2. The van der Waals surface area contributed by atoms with Crippen LogP contribution in [0.4, 0.5) is 4.39 Å². The lowest BCUT2D eigenvalue weighted by Crippen LogP contribution is -2.41. The van der Waals surface area contributed by atoms with Crippen molar-refractivity contribution < 1.29 is 46.6 Å². The van der Waals surface area contributed by atoms with Crippen LogP contribution in [0.15, 0.2) is 123 Å². The Kier molecular flexibility index (Phi) is 18.5. The number of aromatic nitrogens is 4. The number of ether oxygens (including phenoxy) is 7. The van der Waals surface area contributed by atoms with Crippen LogP contribution in [-0.4, -0.2) is 114 Å². The minimum atomic E-state index is -1.93. The molecule has 19 nitrogen and oxygen atoms in total. The molecule has 0 aliphatic carbocycles. The predicted octanol–water partition coefficient (Wildman–Crippen LogP) is 6.09. The van der Waals surface area contributed by atoms with E-state index in [2.05, 4.69) is 20.7 Å². The van der Waals surface area contributed by atoms with E-state index in [0.717, 1.165) is 27.3 Å². The maximum atomic E-state index is 17.2. The van der Waals surface area contributed by atoms with E-state index >= 15 is 4.39 Å². The van der Waals surface area contributed by atoms with Gasteiger partial charge in [0.05, 0.1) is 46.0 Å². The molecule has 0 amide bonds. The number of nitrogens with zero attached hydrogens (tertiary/aromatic N) is 4. The Labute approximate surface area is 417 Å². The second kappa shape index (κ2) is 24.7. The molecule has 3 aromatic carbocycles. The van der Waals surface area contributed by atoms with E-state index in [0.29, 0.717) is 11.5 Å². The Morgan fingerprint density at radius 2 is 1.26 bits per heavy atom. The second-order valence-corrected chi connectivity index (χ2v) is 19.1. The molecular formula is C51H62FN6O13P. The first-order chi connectivity index (χ1) is 34.7. The largest absolute Gasteiger partial charge is 0.497 e. The first-order valence-corrected chi connectivity index (χ1v) is 24.8. The van der Waals surface area contributed by atoms with Crippen LogP contribution in [0.25, 0.3) is 0 Å². The molecule has 2 saturated heterocycles. The summed E-state index contributed by atoms with van der Waals surface area (Å²) in [7, 11) is 2.79. The quantitative estimate of drug-likeness (QED) is 0.0406. The maximum Gasteiger partial charge on any atom is 0.330 e. The summed E-state index contributed by atoms with van der Waals surface area (Å²) in [6, 6.07) is 28.7. The molecule has 2 aliphatic heterocycles. The van der Waals surface area contributed by atoms with Crippen molar-refractivity contribution >= 4 is 8.53 Å². The summed E-state index contributed by atoms with van der Waals surface area (Å²) in [6.07, 6.45) is -6.31. The van der Waals surface area contributed by atoms with Crippen molar-refractivity contribution in [2.75, 3.05) is 41.2 Å². The minimum Gasteiger partial charge on any atom is -0.497 e. The van der Waals surface area contributed by atoms with Crippen molar-refractivity contribution in [2.45, 2.75) is 114 Å². The van der Waals surface area contributed by atoms with Gasteiger partial charge in [0, 0.05) is 50.3 Å². The standard InChI is InChI=1S/C51H62FN6O13P/c1-32(2)58(33(3)4)72(68-30-12-26-53)71-45-39(69-48(46(45)65-7)57-28-25-42(60)55-50(57)62)15-11-29-66-44-40(70-47(43(44)52)56-27-24-41(59)54-49(56)61)31-67-51(34-13-9-8-10-14-34,35-16-20-37(63-5)21-17-35)36-18-22-38(64-6)23-19-36/h8-10,13-14,16-25,27-28,32-33,39-40,43-48H,11-12,15,29-31H2,1-7H3,(H,54,59,61)(H,55,60,62)/t39-,40-,43-,44-,45-,46-,47-,48-,72?/m1/s1. The van der Waals surface area contributed by atoms with E-state index in [1.165, 1.54) is 30.1 Å². The number of H-pyrrole nitrogens is 2. The number of hydrogen-bond donors (Lipinski definition) is 2. The third kappa shape index (κ3) is 12.0. The Morgan fingerprint density at radius 3 is 1.78 bits per heavy atom. The van der Waals surface area contributed by atoms with Crippen molar-refractivity contribution in [1.82, 2.24) is 23.8 Å². The lowest BCUT2D eigenvalue weighted by Gasteiger charge is -2.38. The zero-order valence-corrected chi connectivity index (χ0v) is 42.1. The van der Waals surface area contributed by atoms with E-state index in [9.17, 15) is 24.4 Å². The van der Waals surface area contributed by atoms with Crippen molar-refractivity contribution in [3.05, 3.63) is 162 Å². The van der Waals surface area contributed by atoms with Gasteiger partial charge in [0.2, 0.25) is 0 Å². The van der Waals surface area contributed by atoms with Crippen molar-refractivity contribution in [3.8, 4) is 17.6 Å². The van der Waals surface area contributed by atoms with Gasteiger partial charge in [-0.15, -0.1) is 0 Å². The molecule has 0 saturated carbocycles. The molecule has 2 fully saturated rings. The van der Waals surface area contributed by atoms with Crippen LogP contribution in [0.2, 0.25) is 0 Å². The number of methoxy groups -OCH3 is 3. The van der Waals surface area contributed by atoms with E-state index in [4.69, 9.17) is 42.2 Å². The molecule has 5 aromatic rings. The molecule has 2 N–H and O–H groups in total. The number of nitriles is 1. The average Bonchev–Trinajstić information content (AvgIpc) is 3.87. The third-order valence-electron chi connectivity index (χ3n) is 12.5. The summed E-state index contributed by atoms with van der Waals surface area (Å²) in [5, 5.41) is 9.35. The normalized spacial score (nSPS) is 22.6. The number of alkyl halides is 1. The van der Waals surface area contributed by atoms with Gasteiger partial charge in [0.25, 0.3) is 19.6 Å². The SMILES string of the molecule is COc1ccc(C(OC[C@H]2O[C@@H](n3ccc(=O)[nH]c3=O)[C@H](F)[C@@H]2OCCC[C@H]2O[C@@H](n3ccc(=O)[nH]c3=O)[C@H](OC)[C@@H]2OP(OCCC#N)N(C(C)C)C(C)C)(c2ccccc2)c2ccc(OC)cc2)cc1. The number of rotatable bonds is 24. The lowest BCUT2D eigenvalue weighted by molar-refractivity contribution is -0.105. The maximum absolute atomic E-state index is 17.2. The van der Waals surface area contributed by atoms with Crippen molar-refractivity contribution in [1.29, 1.82) is 5.26 Å². The Bertz CT molecular complexity index is 2750. The summed E-state index contributed by atoms with van der Waals surface area (Å²) in [6.45, 7) is 7.81. The van der Waals surface area contributed by atoms with E-state index in [-0.39, 0.29) is 51.2 Å². The lowest BCUT2D eigenvalue weighted by atomic mass is 9.80. The molecule has 0 spiro atoms. The van der Waals surface area contributed by atoms with Gasteiger partial charge in [-0.25, -0.2) is 18.6 Å². The highest BCUT2D eigenvalue weighted by Crippen LogP contribution is 2.51. The number of benzene rings is 3. The van der Waals surface area contributed by atoms with E-state index < -0.39 is 85.8 Å². The van der Waals surface area contributed by atoms with Gasteiger partial charge in [-0.05, 0) is 81.5 Å². The average molecular weight is 1020 g/mol. The number of halogens is 1. The van der Waals surface area contributed by atoms with E-state index in [1.54, 1.807) is 14.2 Å². The van der Waals surface area contributed by atoms with Crippen LogP contribution < -0.4 is 32.0 Å². The molecule has 9 atom stereocenters. The highest BCUT2D eigenvalue weighted by molar-refractivity contribution is 7.44. The minimum absolute atomic E-state index is 0.0359. The summed E-state index contributed by atoms with van der Waals surface area (Å²) in [5.74, 6) is 1.24. The Morgan fingerprint density at radius 1 is 0.722 bits per heavy atom. The van der Waals surface area contributed by atoms with Crippen LogP contribution in [0.3, 0.4) is 0 Å². The molecule has 7 rings (SSSR count). The fourth-order valence-electron chi connectivity index (χ4n) is 9.23. The van der Waals surface area contributed by atoms with Crippen LogP contribution in [-0.2, 0) is 38.3 Å². The zero-order valence-electron chi connectivity index (χ0n) is 41.3. The molecular weight excluding hydrogens is 955 g/mol. The fraction of sp³-hybridized carbons (Fsp3) is 0.471. The predicted molar refractivity (Wildman–Crippen MR) is 263 cm³/mol. The summed E-state index contributed by atoms with van der Waals surface area (Å²) >= 11 is 0. The Hall–Kier alpha value is -5.85. The smallest absolute Gasteiger partial charge is 0.330 e. The van der Waals surface area contributed by atoms with Crippen LogP contribution >= 0.6 is 8.53 Å². The van der Waals surface area contributed by atoms with Gasteiger partial charge in [-0.3, -0.25) is 28.7 Å². The first kappa shape index (κ1) is 53.9. The topological polar surface area (TPSA) is 220 Å². The molecule has 21 heteroatoms. The molecule has 4 heterocycles. The molecule has 2 aromatic heterocycles. The molecule has 1 unspecified atom stereocenters.